The van der Waals surface area contributed by atoms with Crippen LogP contribution in [0.4, 0.5) is 0 Å². The molecule has 0 unspecified atom stereocenters. The monoisotopic (exact) mass is 330 g/mol. The highest BCUT2D eigenvalue weighted by molar-refractivity contribution is 7.89. The molecular formula is C15H26N2O2S2. The Morgan fingerprint density at radius 1 is 1.38 bits per heavy atom. The molecule has 0 aliphatic carbocycles. The zero-order valence-electron chi connectivity index (χ0n) is 13.4. The summed E-state index contributed by atoms with van der Waals surface area (Å²) >= 11 is 1.56. The van der Waals surface area contributed by atoms with Crippen molar-refractivity contribution in [2.75, 3.05) is 32.7 Å². The van der Waals surface area contributed by atoms with Gasteiger partial charge in [0.2, 0.25) is 10.0 Å². The molecule has 1 aromatic heterocycles. The molecule has 1 aliphatic heterocycles. The molecule has 2 heterocycles. The van der Waals surface area contributed by atoms with E-state index in [1.54, 1.807) is 15.6 Å². The van der Waals surface area contributed by atoms with Gasteiger partial charge in [0.05, 0.1) is 4.90 Å². The maximum atomic E-state index is 12.9. The number of aryl methyl sites for hydroxylation is 2. The van der Waals surface area contributed by atoms with Crippen molar-refractivity contribution in [1.29, 1.82) is 0 Å². The molecule has 0 spiro atoms. The van der Waals surface area contributed by atoms with Crippen LogP contribution in [-0.2, 0) is 10.0 Å². The average molecular weight is 331 g/mol. The smallest absolute Gasteiger partial charge is 0.244 e. The third kappa shape index (κ3) is 3.67. The molecular weight excluding hydrogens is 304 g/mol. The number of nitrogens with zero attached hydrogens (tertiary/aromatic N) is 2. The molecule has 0 aromatic carbocycles. The lowest BCUT2D eigenvalue weighted by Crippen LogP contribution is -2.36. The van der Waals surface area contributed by atoms with Gasteiger partial charge in [0.25, 0.3) is 0 Å². The van der Waals surface area contributed by atoms with Crippen LogP contribution >= 0.6 is 11.3 Å². The highest BCUT2D eigenvalue weighted by Gasteiger charge is 2.30. The Hall–Kier alpha value is -0.430. The summed E-state index contributed by atoms with van der Waals surface area (Å²) in [6.45, 7) is 12.3. The minimum atomic E-state index is -3.35. The van der Waals surface area contributed by atoms with Crippen LogP contribution in [-0.4, -0.2) is 50.3 Å². The summed E-state index contributed by atoms with van der Waals surface area (Å²) in [4.78, 5) is 4.84. The molecule has 1 aromatic rings. The van der Waals surface area contributed by atoms with Gasteiger partial charge in [0.15, 0.2) is 0 Å². The first kappa shape index (κ1) is 16.9. The van der Waals surface area contributed by atoms with E-state index in [9.17, 15) is 8.42 Å². The molecule has 0 amide bonds. The quantitative estimate of drug-likeness (QED) is 0.805. The van der Waals surface area contributed by atoms with E-state index in [1.165, 1.54) is 0 Å². The van der Waals surface area contributed by atoms with Crippen molar-refractivity contribution in [3.63, 3.8) is 0 Å². The fraction of sp³-hybridized carbons (Fsp3) is 0.733. The van der Waals surface area contributed by atoms with Crippen LogP contribution < -0.4 is 0 Å². The first-order valence-electron chi connectivity index (χ1n) is 7.68. The molecule has 0 bridgehead atoms. The van der Waals surface area contributed by atoms with Crippen molar-refractivity contribution >= 4 is 21.4 Å². The topological polar surface area (TPSA) is 40.6 Å². The van der Waals surface area contributed by atoms with Gasteiger partial charge in [-0.1, -0.05) is 13.8 Å². The summed E-state index contributed by atoms with van der Waals surface area (Å²) in [7, 11) is -3.35. The Labute approximate surface area is 132 Å². The molecule has 0 radical (unpaired) electrons. The molecule has 21 heavy (non-hydrogen) atoms. The highest BCUT2D eigenvalue weighted by Crippen LogP contribution is 2.29. The van der Waals surface area contributed by atoms with Crippen molar-refractivity contribution in [3.05, 3.63) is 15.8 Å². The lowest BCUT2D eigenvalue weighted by molar-refractivity contribution is 0.314. The van der Waals surface area contributed by atoms with Gasteiger partial charge in [-0.25, -0.2) is 8.42 Å². The van der Waals surface area contributed by atoms with Gasteiger partial charge in [-0.2, -0.15) is 4.31 Å². The maximum absolute atomic E-state index is 12.9. The third-order valence-electron chi connectivity index (χ3n) is 4.24. The third-order valence-corrected chi connectivity index (χ3v) is 7.41. The van der Waals surface area contributed by atoms with Gasteiger partial charge in [0, 0.05) is 29.4 Å². The lowest BCUT2D eigenvalue weighted by atomic mass is 10.1. The van der Waals surface area contributed by atoms with E-state index >= 15 is 0 Å². The number of hydrogen-bond acceptors (Lipinski definition) is 4. The number of likely N-dealkylation sites (tertiary alicyclic amines) is 1. The van der Waals surface area contributed by atoms with Crippen LogP contribution in [0.1, 0.15) is 30.0 Å². The molecule has 1 atom stereocenters. The summed E-state index contributed by atoms with van der Waals surface area (Å²) in [6.07, 6.45) is 1.10. The molecule has 4 nitrogen and oxygen atoms in total. The zero-order chi connectivity index (χ0) is 15.6. The summed E-state index contributed by atoms with van der Waals surface area (Å²) in [6, 6.07) is 1.81. The van der Waals surface area contributed by atoms with E-state index in [1.807, 2.05) is 26.8 Å². The van der Waals surface area contributed by atoms with Gasteiger partial charge in [0.1, 0.15) is 0 Å². The van der Waals surface area contributed by atoms with E-state index in [0.717, 1.165) is 35.8 Å². The molecule has 0 saturated carbocycles. The van der Waals surface area contributed by atoms with Gasteiger partial charge < -0.3 is 4.90 Å². The van der Waals surface area contributed by atoms with Gasteiger partial charge in [-0.15, -0.1) is 11.3 Å². The van der Waals surface area contributed by atoms with Crippen molar-refractivity contribution < 1.29 is 8.42 Å². The van der Waals surface area contributed by atoms with E-state index in [0.29, 0.717) is 23.9 Å². The Morgan fingerprint density at radius 3 is 2.57 bits per heavy atom. The first-order chi connectivity index (χ1) is 9.88. The van der Waals surface area contributed by atoms with Crippen LogP contribution in [0.15, 0.2) is 11.0 Å². The molecule has 1 aliphatic rings. The van der Waals surface area contributed by atoms with Crippen LogP contribution in [0.3, 0.4) is 0 Å². The predicted octanol–water partition coefficient (Wildman–Crippen LogP) is 2.72. The van der Waals surface area contributed by atoms with Gasteiger partial charge >= 0.3 is 0 Å². The second-order valence-electron chi connectivity index (χ2n) is 5.78. The molecule has 1 saturated heterocycles. The lowest BCUT2D eigenvalue weighted by Gasteiger charge is -2.24. The Balaban J connectivity index is 2.15. The van der Waals surface area contributed by atoms with E-state index in [2.05, 4.69) is 11.8 Å². The minimum Gasteiger partial charge on any atom is -0.303 e. The second-order valence-corrected chi connectivity index (χ2v) is 9.15. The second kappa shape index (κ2) is 6.77. The van der Waals surface area contributed by atoms with Crippen LogP contribution in [0.5, 0.6) is 0 Å². The fourth-order valence-corrected chi connectivity index (χ4v) is 6.09. The zero-order valence-corrected chi connectivity index (χ0v) is 15.1. The number of hydrogen-bond donors (Lipinski definition) is 0. The van der Waals surface area contributed by atoms with Crippen LogP contribution in [0, 0.1) is 19.8 Å². The molecule has 6 heteroatoms. The first-order valence-corrected chi connectivity index (χ1v) is 9.93. The van der Waals surface area contributed by atoms with E-state index in [4.69, 9.17) is 0 Å². The van der Waals surface area contributed by atoms with E-state index in [-0.39, 0.29) is 0 Å². The highest BCUT2D eigenvalue weighted by atomic mass is 32.2. The summed E-state index contributed by atoms with van der Waals surface area (Å²) in [5.41, 5.74) is 0. The largest absolute Gasteiger partial charge is 0.303 e. The number of thiophene rings is 1. The summed E-state index contributed by atoms with van der Waals surface area (Å²) in [5.74, 6) is 0.458. The minimum absolute atomic E-state index is 0.458. The van der Waals surface area contributed by atoms with Gasteiger partial charge in [-0.05, 0) is 45.3 Å². The van der Waals surface area contributed by atoms with Crippen molar-refractivity contribution in [3.8, 4) is 0 Å². The maximum Gasteiger partial charge on any atom is 0.244 e. The fourth-order valence-electron chi connectivity index (χ4n) is 3.04. The molecule has 1 fully saturated rings. The molecule has 120 valence electrons. The predicted molar refractivity (Wildman–Crippen MR) is 88.4 cm³/mol. The van der Waals surface area contributed by atoms with Gasteiger partial charge in [-0.3, -0.25) is 0 Å². The Kier molecular flexibility index (Phi) is 5.46. The van der Waals surface area contributed by atoms with Crippen molar-refractivity contribution in [1.82, 2.24) is 9.21 Å². The van der Waals surface area contributed by atoms with Crippen molar-refractivity contribution in [2.24, 2.45) is 5.92 Å². The van der Waals surface area contributed by atoms with E-state index < -0.39 is 10.0 Å². The average Bonchev–Trinajstić information content (AvgIpc) is 3.02. The normalized spacial score (nSPS) is 20.5. The number of sulfonamides is 1. The summed E-state index contributed by atoms with van der Waals surface area (Å²) in [5, 5.41) is 0. The van der Waals surface area contributed by atoms with Crippen LogP contribution in [0.2, 0.25) is 0 Å². The number of rotatable bonds is 6. The summed E-state index contributed by atoms with van der Waals surface area (Å²) < 4.78 is 27.4. The standard InChI is InChI=1S/C15H26N2O2S2/c1-5-16-8-7-14(10-16)11-17(6-2)21(18,19)15-9-12(3)20-13(15)4/h9,14H,5-8,10-11H2,1-4H3/t14-/m0/s1. The molecule has 0 N–H and O–H groups in total. The Morgan fingerprint density at radius 2 is 2.10 bits per heavy atom. The Bertz CT molecular complexity index is 580. The van der Waals surface area contributed by atoms with Crippen molar-refractivity contribution in [2.45, 2.75) is 39.0 Å². The SMILES string of the molecule is CCN1CC[C@H](CN(CC)S(=O)(=O)c2cc(C)sc2C)C1. The van der Waals surface area contributed by atoms with Crippen LogP contribution in [0.25, 0.3) is 0 Å². The molecule has 2 rings (SSSR count).